The first-order chi connectivity index (χ1) is 7.25. The maximum atomic E-state index is 11.6. The van der Waals surface area contributed by atoms with Crippen molar-refractivity contribution in [2.24, 2.45) is 11.7 Å². The lowest BCUT2D eigenvalue weighted by Crippen LogP contribution is -2.44. The maximum Gasteiger partial charge on any atom is 0.223 e. The molecule has 3 N–H and O–H groups in total. The average Bonchev–Trinajstić information content (AvgIpc) is 2.23. The minimum Gasteiger partial charge on any atom is -0.352 e. The van der Waals surface area contributed by atoms with Gasteiger partial charge in [0.25, 0.3) is 0 Å². The molecule has 15 heavy (non-hydrogen) atoms. The summed E-state index contributed by atoms with van der Waals surface area (Å²) >= 11 is 0. The molecule has 80 valence electrons. The van der Waals surface area contributed by atoms with E-state index in [1.54, 1.807) is 0 Å². The summed E-state index contributed by atoms with van der Waals surface area (Å²) in [5.74, 6) is 0.282. The number of hydrogen-bond donors (Lipinski definition) is 2. The first kappa shape index (κ1) is 10.2. The molecule has 0 aromatic heterocycles. The number of rotatable bonds is 3. The van der Waals surface area contributed by atoms with E-state index in [4.69, 9.17) is 5.73 Å². The van der Waals surface area contributed by atoms with Crippen molar-refractivity contribution in [2.45, 2.75) is 25.4 Å². The highest BCUT2D eigenvalue weighted by Gasteiger charge is 2.31. The molecule has 0 atom stereocenters. The third kappa shape index (κ3) is 2.57. The number of carbonyl (C=O) groups is 1. The van der Waals surface area contributed by atoms with Gasteiger partial charge in [-0.15, -0.1) is 0 Å². The summed E-state index contributed by atoms with van der Waals surface area (Å²) in [5.41, 5.74) is 6.77. The highest BCUT2D eigenvalue weighted by Crippen LogP contribution is 2.25. The van der Waals surface area contributed by atoms with E-state index < -0.39 is 0 Å². The van der Waals surface area contributed by atoms with Crippen molar-refractivity contribution < 1.29 is 4.79 Å². The highest BCUT2D eigenvalue weighted by molar-refractivity contribution is 5.79. The van der Waals surface area contributed by atoms with E-state index in [1.807, 2.05) is 30.3 Å². The van der Waals surface area contributed by atoms with Gasteiger partial charge in [-0.25, -0.2) is 0 Å². The third-order valence-corrected chi connectivity index (χ3v) is 2.85. The lowest BCUT2D eigenvalue weighted by atomic mass is 9.80. The number of hydrogen-bond acceptors (Lipinski definition) is 2. The SMILES string of the molecule is N[C@H]1C[C@H](C(=O)NCc2ccccc2)C1. The fourth-order valence-corrected chi connectivity index (χ4v) is 1.81. The van der Waals surface area contributed by atoms with Gasteiger partial charge in [-0.05, 0) is 18.4 Å². The van der Waals surface area contributed by atoms with Crippen molar-refractivity contribution in [1.82, 2.24) is 5.32 Å². The second-order valence-corrected chi connectivity index (χ2v) is 4.13. The standard InChI is InChI=1S/C12H16N2O/c13-11-6-10(7-11)12(15)14-8-9-4-2-1-3-5-9/h1-5,10-11H,6-8,13H2,(H,14,15)/t10-,11-. The molecule has 1 fully saturated rings. The Balaban J connectivity index is 1.76. The fraction of sp³-hybridized carbons (Fsp3) is 0.417. The molecule has 0 bridgehead atoms. The number of nitrogens with one attached hydrogen (secondary N) is 1. The number of benzene rings is 1. The molecular weight excluding hydrogens is 188 g/mol. The highest BCUT2D eigenvalue weighted by atomic mass is 16.1. The zero-order chi connectivity index (χ0) is 10.7. The Bertz CT molecular complexity index is 331. The van der Waals surface area contributed by atoms with Crippen LogP contribution in [0.4, 0.5) is 0 Å². The summed E-state index contributed by atoms with van der Waals surface area (Å²) in [6.45, 7) is 0.616. The molecule has 0 unspecified atom stereocenters. The average molecular weight is 204 g/mol. The zero-order valence-corrected chi connectivity index (χ0v) is 8.65. The minimum absolute atomic E-state index is 0.139. The van der Waals surface area contributed by atoms with Gasteiger partial charge in [-0.2, -0.15) is 0 Å². The van der Waals surface area contributed by atoms with Crippen LogP contribution in [-0.2, 0) is 11.3 Å². The van der Waals surface area contributed by atoms with E-state index in [-0.39, 0.29) is 17.9 Å². The predicted molar refractivity (Wildman–Crippen MR) is 59.0 cm³/mol. The Morgan fingerprint density at radius 3 is 2.60 bits per heavy atom. The van der Waals surface area contributed by atoms with Crippen LogP contribution >= 0.6 is 0 Å². The minimum atomic E-state index is 0.139. The van der Waals surface area contributed by atoms with E-state index in [2.05, 4.69) is 5.32 Å². The van der Waals surface area contributed by atoms with Crippen LogP contribution in [0, 0.1) is 5.92 Å². The van der Waals surface area contributed by atoms with E-state index in [1.165, 1.54) is 0 Å². The van der Waals surface area contributed by atoms with Crippen molar-refractivity contribution in [1.29, 1.82) is 0 Å². The predicted octanol–water partition coefficient (Wildman–Crippen LogP) is 1.04. The van der Waals surface area contributed by atoms with E-state index >= 15 is 0 Å². The van der Waals surface area contributed by atoms with Gasteiger partial charge in [-0.3, -0.25) is 4.79 Å². The molecule has 0 saturated heterocycles. The molecule has 1 aliphatic rings. The largest absolute Gasteiger partial charge is 0.352 e. The Labute approximate surface area is 89.7 Å². The molecule has 1 amide bonds. The summed E-state index contributed by atoms with van der Waals surface area (Å²) < 4.78 is 0. The van der Waals surface area contributed by atoms with Gasteiger partial charge in [0, 0.05) is 18.5 Å². The molecule has 1 aromatic carbocycles. The molecule has 0 radical (unpaired) electrons. The van der Waals surface area contributed by atoms with Crippen LogP contribution in [0.5, 0.6) is 0 Å². The quantitative estimate of drug-likeness (QED) is 0.773. The normalized spacial score (nSPS) is 24.3. The van der Waals surface area contributed by atoms with Crippen LogP contribution in [-0.4, -0.2) is 11.9 Å². The van der Waals surface area contributed by atoms with Crippen LogP contribution in [0.1, 0.15) is 18.4 Å². The molecule has 1 aromatic rings. The van der Waals surface area contributed by atoms with Crippen molar-refractivity contribution in [3.05, 3.63) is 35.9 Å². The molecule has 2 rings (SSSR count). The van der Waals surface area contributed by atoms with Crippen molar-refractivity contribution in [3.63, 3.8) is 0 Å². The summed E-state index contributed by atoms with van der Waals surface area (Å²) in [6.07, 6.45) is 1.67. The summed E-state index contributed by atoms with van der Waals surface area (Å²) in [7, 11) is 0. The Hall–Kier alpha value is -1.35. The van der Waals surface area contributed by atoms with Crippen molar-refractivity contribution in [3.8, 4) is 0 Å². The van der Waals surface area contributed by atoms with Crippen molar-refractivity contribution in [2.75, 3.05) is 0 Å². The monoisotopic (exact) mass is 204 g/mol. The summed E-state index contributed by atoms with van der Waals surface area (Å²) in [5, 5.41) is 2.93. The van der Waals surface area contributed by atoms with Crippen LogP contribution in [0.2, 0.25) is 0 Å². The maximum absolute atomic E-state index is 11.6. The van der Waals surface area contributed by atoms with Gasteiger partial charge >= 0.3 is 0 Å². The molecule has 0 spiro atoms. The molecule has 1 aliphatic carbocycles. The van der Waals surface area contributed by atoms with E-state index in [9.17, 15) is 4.79 Å². The lowest BCUT2D eigenvalue weighted by Gasteiger charge is -2.31. The van der Waals surface area contributed by atoms with Gasteiger partial charge < -0.3 is 11.1 Å². The van der Waals surface area contributed by atoms with Gasteiger partial charge in [0.15, 0.2) is 0 Å². The molecule has 3 nitrogen and oxygen atoms in total. The van der Waals surface area contributed by atoms with E-state index in [0.717, 1.165) is 18.4 Å². The molecular formula is C12H16N2O. The Morgan fingerprint density at radius 2 is 2.00 bits per heavy atom. The van der Waals surface area contributed by atoms with Crippen LogP contribution in [0.15, 0.2) is 30.3 Å². The Kier molecular flexibility index (Phi) is 3.02. The van der Waals surface area contributed by atoms with Gasteiger partial charge in [0.1, 0.15) is 0 Å². The lowest BCUT2D eigenvalue weighted by molar-refractivity contribution is -0.128. The fourth-order valence-electron chi connectivity index (χ4n) is 1.81. The van der Waals surface area contributed by atoms with E-state index in [0.29, 0.717) is 6.54 Å². The molecule has 3 heteroatoms. The van der Waals surface area contributed by atoms with Crippen LogP contribution in [0.25, 0.3) is 0 Å². The van der Waals surface area contributed by atoms with Gasteiger partial charge in [0.2, 0.25) is 5.91 Å². The molecule has 1 saturated carbocycles. The zero-order valence-electron chi connectivity index (χ0n) is 8.65. The second-order valence-electron chi connectivity index (χ2n) is 4.13. The number of carbonyl (C=O) groups excluding carboxylic acids is 1. The third-order valence-electron chi connectivity index (χ3n) is 2.85. The van der Waals surface area contributed by atoms with Crippen LogP contribution in [0.3, 0.4) is 0 Å². The molecule has 0 heterocycles. The smallest absolute Gasteiger partial charge is 0.223 e. The van der Waals surface area contributed by atoms with Gasteiger partial charge in [0.05, 0.1) is 0 Å². The molecule has 0 aliphatic heterocycles. The summed E-state index contributed by atoms with van der Waals surface area (Å²) in [6, 6.07) is 10.2. The first-order valence-corrected chi connectivity index (χ1v) is 5.33. The van der Waals surface area contributed by atoms with Crippen molar-refractivity contribution >= 4 is 5.91 Å². The topological polar surface area (TPSA) is 55.1 Å². The van der Waals surface area contributed by atoms with Gasteiger partial charge in [-0.1, -0.05) is 30.3 Å². The number of nitrogens with two attached hydrogens (primary N) is 1. The second kappa shape index (κ2) is 4.45. The number of amides is 1. The Morgan fingerprint density at radius 1 is 1.33 bits per heavy atom. The first-order valence-electron chi connectivity index (χ1n) is 5.33. The summed E-state index contributed by atoms with van der Waals surface area (Å²) in [4.78, 5) is 11.6. The van der Waals surface area contributed by atoms with Crippen LogP contribution < -0.4 is 11.1 Å².